The molecule has 0 aliphatic heterocycles. The van der Waals surface area contributed by atoms with Gasteiger partial charge in [-0.25, -0.2) is 8.42 Å². The van der Waals surface area contributed by atoms with Crippen LogP contribution in [0.15, 0.2) is 54.6 Å². The van der Waals surface area contributed by atoms with Crippen LogP contribution in [0, 0.1) is 6.92 Å². The monoisotopic (exact) mass is 402 g/mol. The number of nitrogens with zero attached hydrogens (tertiary/aromatic N) is 1. The van der Waals surface area contributed by atoms with Gasteiger partial charge in [-0.15, -0.1) is 0 Å². The molecule has 2 aromatic carbocycles. The molecule has 0 saturated carbocycles. The molecule has 1 N–H and O–H groups in total. The van der Waals surface area contributed by atoms with Crippen molar-refractivity contribution in [2.75, 3.05) is 10.6 Å². The summed E-state index contributed by atoms with van der Waals surface area (Å²) in [5, 5.41) is 3.05. The summed E-state index contributed by atoms with van der Waals surface area (Å²) < 4.78 is 26.3. The number of carbonyl (C=O) groups excluding carboxylic acids is 1. The quantitative estimate of drug-likeness (QED) is 0.732. The number of rotatable bonds is 8. The van der Waals surface area contributed by atoms with Gasteiger partial charge < -0.3 is 5.32 Å². The van der Waals surface area contributed by atoms with Crippen LogP contribution in [0.5, 0.6) is 0 Å². The first-order chi connectivity index (χ1) is 13.0. The summed E-state index contributed by atoms with van der Waals surface area (Å²) in [6, 6.07) is 16.3. The zero-order valence-electron chi connectivity index (χ0n) is 17.3. The molecule has 0 heterocycles. The second kappa shape index (κ2) is 8.78. The van der Waals surface area contributed by atoms with Crippen LogP contribution in [-0.2, 0) is 21.2 Å². The van der Waals surface area contributed by atoms with E-state index in [2.05, 4.69) is 5.32 Å². The number of anilines is 1. The summed E-state index contributed by atoms with van der Waals surface area (Å²) in [7, 11) is -3.63. The van der Waals surface area contributed by atoms with Crippen LogP contribution in [0.4, 0.5) is 5.69 Å². The van der Waals surface area contributed by atoms with Gasteiger partial charge in [0.05, 0.1) is 11.9 Å². The lowest BCUT2D eigenvalue weighted by molar-refractivity contribution is -0.123. The third-order valence-electron chi connectivity index (χ3n) is 4.54. The molecule has 1 amide bonds. The van der Waals surface area contributed by atoms with Gasteiger partial charge in [0, 0.05) is 5.54 Å². The Morgan fingerprint density at radius 2 is 1.75 bits per heavy atom. The van der Waals surface area contributed by atoms with Gasteiger partial charge in [-0.1, -0.05) is 49.4 Å². The molecule has 0 bridgehead atoms. The molecular weight excluding hydrogens is 372 g/mol. The minimum Gasteiger partial charge on any atom is -0.349 e. The van der Waals surface area contributed by atoms with E-state index in [4.69, 9.17) is 0 Å². The zero-order chi connectivity index (χ0) is 20.9. The first kappa shape index (κ1) is 22.0. The van der Waals surface area contributed by atoms with Gasteiger partial charge in [0.25, 0.3) is 0 Å². The van der Waals surface area contributed by atoms with E-state index in [9.17, 15) is 13.2 Å². The van der Waals surface area contributed by atoms with Gasteiger partial charge in [0.2, 0.25) is 15.9 Å². The summed E-state index contributed by atoms with van der Waals surface area (Å²) in [5.74, 6) is -0.296. The average Bonchev–Trinajstić information content (AvgIpc) is 2.58. The normalized spacial score (nSPS) is 13.0. The maximum Gasteiger partial charge on any atom is 0.244 e. The second-order valence-electron chi connectivity index (χ2n) is 7.86. The minimum atomic E-state index is -3.63. The van der Waals surface area contributed by atoms with Gasteiger partial charge in [-0.2, -0.15) is 0 Å². The fourth-order valence-electron chi connectivity index (χ4n) is 3.39. The summed E-state index contributed by atoms with van der Waals surface area (Å²) in [6.45, 7) is 7.61. The summed E-state index contributed by atoms with van der Waals surface area (Å²) in [6.07, 6.45) is 2.16. The zero-order valence-corrected chi connectivity index (χ0v) is 18.1. The van der Waals surface area contributed by atoms with Gasteiger partial charge in [-0.3, -0.25) is 9.10 Å². The maximum atomic E-state index is 13.1. The highest BCUT2D eigenvalue weighted by molar-refractivity contribution is 7.92. The Hall–Kier alpha value is -2.34. The third kappa shape index (κ3) is 5.83. The van der Waals surface area contributed by atoms with E-state index in [0.717, 1.165) is 17.4 Å². The van der Waals surface area contributed by atoms with Crippen molar-refractivity contribution in [3.05, 3.63) is 65.7 Å². The number of hydrogen-bond acceptors (Lipinski definition) is 3. The summed E-state index contributed by atoms with van der Waals surface area (Å²) in [5.41, 5.74) is 2.04. The van der Waals surface area contributed by atoms with E-state index in [1.165, 1.54) is 4.31 Å². The van der Waals surface area contributed by atoms with Crippen LogP contribution in [0.25, 0.3) is 0 Å². The van der Waals surface area contributed by atoms with Crippen molar-refractivity contribution in [2.24, 2.45) is 0 Å². The van der Waals surface area contributed by atoms with Crippen molar-refractivity contribution in [1.82, 2.24) is 5.32 Å². The Labute approximate surface area is 168 Å². The summed E-state index contributed by atoms with van der Waals surface area (Å²) in [4.78, 5) is 13.1. The smallest absolute Gasteiger partial charge is 0.244 e. The Kier molecular flexibility index (Phi) is 6.88. The Bertz CT molecular complexity index is 908. The van der Waals surface area contributed by atoms with E-state index in [1.807, 2.05) is 64.1 Å². The SMILES string of the molecule is CC[C@H](C(=O)NC(C)(C)Cc1ccccc1)N(c1cccc(C)c1)S(C)(=O)=O. The first-order valence-electron chi connectivity index (χ1n) is 9.45. The molecule has 2 rings (SSSR count). The molecule has 0 fully saturated rings. The van der Waals surface area contributed by atoms with Crippen molar-refractivity contribution < 1.29 is 13.2 Å². The highest BCUT2D eigenvalue weighted by Crippen LogP contribution is 2.24. The van der Waals surface area contributed by atoms with E-state index in [-0.39, 0.29) is 5.91 Å². The van der Waals surface area contributed by atoms with E-state index in [1.54, 1.807) is 18.2 Å². The van der Waals surface area contributed by atoms with Crippen LogP contribution in [-0.4, -0.2) is 32.2 Å². The molecule has 152 valence electrons. The predicted octanol–water partition coefficient (Wildman–Crippen LogP) is 3.68. The number of aryl methyl sites for hydroxylation is 1. The van der Waals surface area contributed by atoms with Gasteiger partial charge >= 0.3 is 0 Å². The Morgan fingerprint density at radius 1 is 1.11 bits per heavy atom. The van der Waals surface area contributed by atoms with Crippen molar-refractivity contribution in [3.8, 4) is 0 Å². The van der Waals surface area contributed by atoms with E-state index >= 15 is 0 Å². The lowest BCUT2D eigenvalue weighted by Gasteiger charge is -2.34. The molecule has 0 spiro atoms. The van der Waals surface area contributed by atoms with Crippen molar-refractivity contribution >= 4 is 21.6 Å². The molecule has 6 heteroatoms. The molecule has 0 unspecified atom stereocenters. The van der Waals surface area contributed by atoms with Crippen LogP contribution in [0.1, 0.15) is 38.3 Å². The molecule has 28 heavy (non-hydrogen) atoms. The molecule has 5 nitrogen and oxygen atoms in total. The van der Waals surface area contributed by atoms with Gasteiger partial charge in [0.1, 0.15) is 6.04 Å². The van der Waals surface area contributed by atoms with Gasteiger partial charge in [0.15, 0.2) is 0 Å². The molecule has 0 aliphatic carbocycles. The molecule has 0 saturated heterocycles. The number of carbonyl (C=O) groups is 1. The molecule has 0 radical (unpaired) electrons. The molecule has 1 atom stereocenters. The average molecular weight is 403 g/mol. The number of amides is 1. The lowest BCUT2D eigenvalue weighted by Crippen LogP contribution is -2.55. The Morgan fingerprint density at radius 3 is 2.29 bits per heavy atom. The van der Waals surface area contributed by atoms with Crippen molar-refractivity contribution in [1.29, 1.82) is 0 Å². The van der Waals surface area contributed by atoms with Crippen LogP contribution < -0.4 is 9.62 Å². The molecule has 2 aromatic rings. The minimum absolute atomic E-state index is 0.296. The molecule has 0 aliphatic rings. The van der Waals surface area contributed by atoms with E-state index in [0.29, 0.717) is 18.5 Å². The number of sulfonamides is 1. The van der Waals surface area contributed by atoms with Crippen LogP contribution in [0.3, 0.4) is 0 Å². The second-order valence-corrected chi connectivity index (χ2v) is 9.72. The number of benzene rings is 2. The molecular formula is C22H30N2O3S. The highest BCUT2D eigenvalue weighted by Gasteiger charge is 2.34. The van der Waals surface area contributed by atoms with Crippen molar-refractivity contribution in [2.45, 2.75) is 52.1 Å². The third-order valence-corrected chi connectivity index (χ3v) is 5.72. The largest absolute Gasteiger partial charge is 0.349 e. The maximum absolute atomic E-state index is 13.1. The molecule has 0 aromatic heterocycles. The topological polar surface area (TPSA) is 66.5 Å². The van der Waals surface area contributed by atoms with Crippen molar-refractivity contribution in [3.63, 3.8) is 0 Å². The lowest BCUT2D eigenvalue weighted by atomic mass is 9.94. The number of nitrogens with one attached hydrogen (secondary N) is 1. The fraction of sp³-hybridized carbons (Fsp3) is 0.409. The fourth-order valence-corrected chi connectivity index (χ4v) is 4.60. The highest BCUT2D eigenvalue weighted by atomic mass is 32.2. The first-order valence-corrected chi connectivity index (χ1v) is 11.3. The van der Waals surface area contributed by atoms with Crippen LogP contribution in [0.2, 0.25) is 0 Å². The Balaban J connectivity index is 2.28. The predicted molar refractivity (Wildman–Crippen MR) is 115 cm³/mol. The van der Waals surface area contributed by atoms with Crippen LogP contribution >= 0.6 is 0 Å². The van der Waals surface area contributed by atoms with E-state index < -0.39 is 21.6 Å². The van der Waals surface area contributed by atoms with Gasteiger partial charge in [-0.05, 0) is 56.9 Å². The standard InChI is InChI=1S/C22H30N2O3S/c1-6-20(24(28(5,26)27)19-14-10-11-17(2)15-19)21(25)23-22(3,4)16-18-12-8-7-9-13-18/h7-15,20H,6,16H2,1-5H3,(H,23,25)/t20-/m1/s1. The number of hydrogen-bond donors (Lipinski definition) is 1. The summed E-state index contributed by atoms with van der Waals surface area (Å²) >= 11 is 0.